The van der Waals surface area contributed by atoms with Crippen LogP contribution in [0.3, 0.4) is 0 Å². The molecule has 3 aromatic heterocycles. The first kappa shape index (κ1) is 14.7. The third-order valence-electron chi connectivity index (χ3n) is 3.04. The Morgan fingerprint density at radius 3 is 2.59 bits per heavy atom. The third kappa shape index (κ3) is 2.74. The van der Waals surface area contributed by atoms with Gasteiger partial charge in [-0.3, -0.25) is 4.98 Å². The molecule has 0 aliphatic heterocycles. The van der Waals surface area contributed by atoms with Gasteiger partial charge in [0.05, 0.1) is 23.0 Å². The molecule has 0 bridgehead atoms. The van der Waals surface area contributed by atoms with Gasteiger partial charge in [0.2, 0.25) is 5.88 Å². The lowest BCUT2D eigenvalue weighted by Gasteiger charge is -2.19. The average molecular weight is 318 g/mol. The van der Waals surface area contributed by atoms with Crippen molar-refractivity contribution < 1.29 is 4.74 Å². The van der Waals surface area contributed by atoms with Crippen molar-refractivity contribution in [1.82, 2.24) is 24.7 Å². The van der Waals surface area contributed by atoms with Crippen molar-refractivity contribution in [3.8, 4) is 11.6 Å². The zero-order valence-electron chi connectivity index (χ0n) is 12.8. The maximum Gasteiger partial charge on any atom is 0.233 e. The van der Waals surface area contributed by atoms with E-state index in [2.05, 4.69) is 40.8 Å². The Morgan fingerprint density at radius 2 is 1.91 bits per heavy atom. The van der Waals surface area contributed by atoms with E-state index >= 15 is 0 Å². The van der Waals surface area contributed by atoms with Crippen molar-refractivity contribution in [2.24, 2.45) is 0 Å². The van der Waals surface area contributed by atoms with Gasteiger partial charge in [0.1, 0.15) is 17.0 Å². The third-order valence-corrected chi connectivity index (χ3v) is 3.24. The Bertz CT molecular complexity index is 838. The average Bonchev–Trinajstić information content (AvgIpc) is 2.82. The minimum atomic E-state index is -0.183. The van der Waals surface area contributed by atoms with Gasteiger partial charge in [0.15, 0.2) is 5.65 Å². The smallest absolute Gasteiger partial charge is 0.233 e. The molecule has 0 unspecified atom stereocenters. The molecule has 0 radical (unpaired) electrons. The minimum absolute atomic E-state index is 0.183. The van der Waals surface area contributed by atoms with Crippen LogP contribution in [-0.4, -0.2) is 24.7 Å². The Morgan fingerprint density at radius 1 is 1.14 bits per heavy atom. The van der Waals surface area contributed by atoms with Gasteiger partial charge in [-0.25, -0.2) is 9.67 Å². The van der Waals surface area contributed by atoms with Crippen LogP contribution in [-0.2, 0) is 5.54 Å². The molecule has 0 atom stereocenters. The standard InChI is InChI=1S/C15H16ClN5O/c1-9-19-13-12(8-18-21(13)15(2,3)4)14(20-9)22-11-5-10(16)6-17-7-11/h5-8H,1-4H3. The lowest BCUT2D eigenvalue weighted by molar-refractivity contribution is 0.365. The number of fused-ring (bicyclic) bond motifs is 1. The van der Waals surface area contributed by atoms with Crippen molar-refractivity contribution in [3.63, 3.8) is 0 Å². The van der Waals surface area contributed by atoms with Gasteiger partial charge >= 0.3 is 0 Å². The summed E-state index contributed by atoms with van der Waals surface area (Å²) in [4.78, 5) is 12.9. The molecule has 0 saturated heterocycles. The quantitative estimate of drug-likeness (QED) is 0.720. The van der Waals surface area contributed by atoms with Crippen LogP contribution in [0.15, 0.2) is 24.7 Å². The maximum absolute atomic E-state index is 5.93. The van der Waals surface area contributed by atoms with E-state index in [1.165, 1.54) is 0 Å². The number of halogens is 1. The number of rotatable bonds is 2. The van der Waals surface area contributed by atoms with Crippen molar-refractivity contribution >= 4 is 22.6 Å². The predicted octanol–water partition coefficient (Wildman–Crippen LogP) is 3.73. The summed E-state index contributed by atoms with van der Waals surface area (Å²) in [6.07, 6.45) is 4.85. The van der Waals surface area contributed by atoms with Gasteiger partial charge in [-0.15, -0.1) is 0 Å². The second kappa shape index (κ2) is 5.21. The van der Waals surface area contributed by atoms with Crippen molar-refractivity contribution in [3.05, 3.63) is 35.5 Å². The first-order valence-corrected chi connectivity index (χ1v) is 7.23. The van der Waals surface area contributed by atoms with E-state index < -0.39 is 0 Å². The highest BCUT2D eigenvalue weighted by Crippen LogP contribution is 2.30. The topological polar surface area (TPSA) is 65.7 Å². The number of ether oxygens (including phenoxy) is 1. The SMILES string of the molecule is Cc1nc(Oc2cncc(Cl)c2)c2cnn(C(C)(C)C)c2n1. The summed E-state index contributed by atoms with van der Waals surface area (Å²) >= 11 is 5.93. The molecule has 3 aromatic rings. The Labute approximate surface area is 133 Å². The van der Waals surface area contributed by atoms with Crippen LogP contribution in [0.1, 0.15) is 26.6 Å². The molecular formula is C15H16ClN5O. The highest BCUT2D eigenvalue weighted by Gasteiger charge is 2.21. The van der Waals surface area contributed by atoms with Crippen molar-refractivity contribution in [2.75, 3.05) is 0 Å². The molecule has 3 rings (SSSR count). The zero-order chi connectivity index (χ0) is 15.9. The maximum atomic E-state index is 5.93. The molecule has 0 amide bonds. The van der Waals surface area contributed by atoms with Gasteiger partial charge in [-0.1, -0.05) is 11.6 Å². The number of hydrogen-bond donors (Lipinski definition) is 0. The van der Waals surface area contributed by atoms with Gasteiger partial charge in [0.25, 0.3) is 0 Å². The van der Waals surface area contributed by atoms with E-state index in [0.29, 0.717) is 22.5 Å². The summed E-state index contributed by atoms with van der Waals surface area (Å²) < 4.78 is 7.69. The molecule has 0 spiro atoms. The summed E-state index contributed by atoms with van der Waals surface area (Å²) in [5.74, 6) is 1.58. The number of aromatic nitrogens is 5. The molecule has 7 heteroatoms. The molecule has 22 heavy (non-hydrogen) atoms. The molecule has 6 nitrogen and oxygen atoms in total. The molecule has 3 heterocycles. The van der Waals surface area contributed by atoms with Crippen molar-refractivity contribution in [2.45, 2.75) is 33.2 Å². The van der Waals surface area contributed by atoms with Crippen LogP contribution in [0.5, 0.6) is 11.6 Å². The van der Waals surface area contributed by atoms with Crippen LogP contribution in [0, 0.1) is 6.92 Å². The highest BCUT2D eigenvalue weighted by atomic mass is 35.5. The normalized spacial score (nSPS) is 11.9. The molecule has 0 fully saturated rings. The molecule has 0 aliphatic rings. The molecular weight excluding hydrogens is 302 g/mol. The van der Waals surface area contributed by atoms with Crippen LogP contribution in [0.4, 0.5) is 0 Å². The van der Waals surface area contributed by atoms with E-state index in [9.17, 15) is 0 Å². The lowest BCUT2D eigenvalue weighted by atomic mass is 10.1. The molecule has 0 aromatic carbocycles. The molecule has 0 N–H and O–H groups in total. The number of pyridine rings is 1. The van der Waals surface area contributed by atoms with Gasteiger partial charge < -0.3 is 4.74 Å². The summed E-state index contributed by atoms with van der Waals surface area (Å²) in [5, 5.41) is 5.68. The zero-order valence-corrected chi connectivity index (χ0v) is 13.6. The van der Waals surface area contributed by atoms with Crippen LogP contribution in [0.25, 0.3) is 11.0 Å². The first-order valence-electron chi connectivity index (χ1n) is 6.86. The van der Waals surface area contributed by atoms with E-state index in [1.807, 2.05) is 11.6 Å². The van der Waals surface area contributed by atoms with Crippen LogP contribution < -0.4 is 4.74 Å². The molecule has 0 aliphatic carbocycles. The summed E-state index contributed by atoms with van der Waals surface area (Å²) in [7, 11) is 0. The summed E-state index contributed by atoms with van der Waals surface area (Å²) in [6.45, 7) is 8.03. The first-order chi connectivity index (χ1) is 10.3. The van der Waals surface area contributed by atoms with Gasteiger partial charge in [-0.05, 0) is 27.7 Å². The monoisotopic (exact) mass is 317 g/mol. The summed E-state index contributed by atoms with van der Waals surface area (Å²) in [6, 6.07) is 1.69. The van der Waals surface area contributed by atoms with E-state index in [-0.39, 0.29) is 5.54 Å². The fourth-order valence-electron chi connectivity index (χ4n) is 2.11. The second-order valence-electron chi connectivity index (χ2n) is 5.98. The number of nitrogens with zero attached hydrogens (tertiary/aromatic N) is 5. The molecule has 0 saturated carbocycles. The number of aryl methyl sites for hydroxylation is 1. The largest absolute Gasteiger partial charge is 0.436 e. The van der Waals surface area contributed by atoms with E-state index in [1.54, 1.807) is 24.7 Å². The lowest BCUT2D eigenvalue weighted by Crippen LogP contribution is -2.23. The molecule has 114 valence electrons. The van der Waals surface area contributed by atoms with Gasteiger partial charge in [0, 0.05) is 12.3 Å². The Hall–Kier alpha value is -2.21. The van der Waals surface area contributed by atoms with Crippen molar-refractivity contribution in [1.29, 1.82) is 0 Å². The van der Waals surface area contributed by atoms with Gasteiger partial charge in [-0.2, -0.15) is 10.1 Å². The van der Waals surface area contributed by atoms with Crippen LogP contribution >= 0.6 is 11.6 Å². The predicted molar refractivity (Wildman–Crippen MR) is 84.4 cm³/mol. The fourth-order valence-corrected chi connectivity index (χ4v) is 2.28. The van der Waals surface area contributed by atoms with E-state index in [4.69, 9.17) is 16.3 Å². The number of hydrogen-bond acceptors (Lipinski definition) is 5. The Kier molecular flexibility index (Phi) is 3.48. The Balaban J connectivity index is 2.12. The fraction of sp³-hybridized carbons (Fsp3) is 0.333. The van der Waals surface area contributed by atoms with Crippen LogP contribution in [0.2, 0.25) is 5.02 Å². The van der Waals surface area contributed by atoms with E-state index in [0.717, 1.165) is 11.0 Å². The summed E-state index contributed by atoms with van der Waals surface area (Å²) in [5.41, 5.74) is 0.558. The second-order valence-corrected chi connectivity index (χ2v) is 6.42. The highest BCUT2D eigenvalue weighted by molar-refractivity contribution is 6.30. The minimum Gasteiger partial charge on any atom is -0.436 e.